The van der Waals surface area contributed by atoms with E-state index < -0.39 is 5.97 Å². The van der Waals surface area contributed by atoms with Crippen molar-refractivity contribution in [3.05, 3.63) is 95.0 Å². The van der Waals surface area contributed by atoms with Crippen LogP contribution in [-0.4, -0.2) is 11.9 Å². The van der Waals surface area contributed by atoms with Crippen molar-refractivity contribution >= 4 is 29.2 Å². The van der Waals surface area contributed by atoms with E-state index in [-0.39, 0.29) is 17.2 Å². The summed E-state index contributed by atoms with van der Waals surface area (Å²) >= 11 is 5.82. The van der Waals surface area contributed by atoms with Gasteiger partial charge in [-0.05, 0) is 48.5 Å². The van der Waals surface area contributed by atoms with Gasteiger partial charge in [0.1, 0.15) is 5.75 Å². The Morgan fingerprint density at radius 3 is 2.16 bits per heavy atom. The fourth-order valence-corrected chi connectivity index (χ4v) is 2.33. The van der Waals surface area contributed by atoms with Gasteiger partial charge in [0.15, 0.2) is 0 Å². The van der Waals surface area contributed by atoms with Gasteiger partial charge >= 0.3 is 5.97 Å². The molecule has 0 bridgehead atoms. The quantitative estimate of drug-likeness (QED) is 0.542. The van der Waals surface area contributed by atoms with Gasteiger partial charge in [0.05, 0.1) is 11.1 Å². The van der Waals surface area contributed by atoms with Crippen LogP contribution in [-0.2, 0) is 0 Å². The number of nitrogens with one attached hydrogen (secondary N) is 1. The lowest BCUT2D eigenvalue weighted by atomic mass is 10.1. The van der Waals surface area contributed by atoms with Gasteiger partial charge in [-0.25, -0.2) is 4.79 Å². The number of hydrogen-bond donors (Lipinski definition) is 1. The number of rotatable bonds is 4. The second-order valence-corrected chi connectivity index (χ2v) is 5.65. The van der Waals surface area contributed by atoms with Crippen molar-refractivity contribution in [1.82, 2.24) is 0 Å². The van der Waals surface area contributed by atoms with Gasteiger partial charge in [0.2, 0.25) is 0 Å². The van der Waals surface area contributed by atoms with E-state index in [0.29, 0.717) is 16.3 Å². The van der Waals surface area contributed by atoms with Crippen molar-refractivity contribution in [2.24, 2.45) is 0 Å². The van der Waals surface area contributed by atoms with E-state index in [1.54, 1.807) is 60.7 Å². The Kier molecular flexibility index (Phi) is 5.11. The van der Waals surface area contributed by atoms with Crippen LogP contribution in [0.5, 0.6) is 5.75 Å². The first-order valence-electron chi connectivity index (χ1n) is 7.56. The van der Waals surface area contributed by atoms with Crippen molar-refractivity contribution < 1.29 is 14.3 Å². The maximum Gasteiger partial charge on any atom is 0.343 e. The molecule has 0 aliphatic rings. The highest BCUT2D eigenvalue weighted by molar-refractivity contribution is 6.30. The third-order valence-corrected chi connectivity index (χ3v) is 3.70. The predicted octanol–water partition coefficient (Wildman–Crippen LogP) is 4.81. The molecule has 1 amide bonds. The average Bonchev–Trinajstić information content (AvgIpc) is 2.63. The van der Waals surface area contributed by atoms with Gasteiger partial charge in [-0.15, -0.1) is 0 Å². The highest BCUT2D eigenvalue weighted by Gasteiger charge is 2.16. The summed E-state index contributed by atoms with van der Waals surface area (Å²) in [5, 5.41) is 3.30. The normalized spacial score (nSPS) is 10.1. The highest BCUT2D eigenvalue weighted by Crippen LogP contribution is 2.21. The van der Waals surface area contributed by atoms with Gasteiger partial charge in [-0.2, -0.15) is 0 Å². The summed E-state index contributed by atoms with van der Waals surface area (Å²) in [6, 6.07) is 22.0. The molecule has 0 unspecified atom stereocenters. The first-order valence-corrected chi connectivity index (χ1v) is 7.94. The number of ether oxygens (including phenoxy) is 1. The van der Waals surface area contributed by atoms with Crippen LogP contribution in [0.4, 0.5) is 5.69 Å². The first-order chi connectivity index (χ1) is 12.1. The van der Waals surface area contributed by atoms with Gasteiger partial charge in [0, 0.05) is 10.7 Å². The molecule has 25 heavy (non-hydrogen) atoms. The summed E-state index contributed by atoms with van der Waals surface area (Å²) in [4.78, 5) is 24.7. The van der Waals surface area contributed by atoms with Crippen LogP contribution in [0.15, 0.2) is 78.9 Å². The van der Waals surface area contributed by atoms with Crippen molar-refractivity contribution in [3.63, 3.8) is 0 Å². The molecule has 124 valence electrons. The number of carbonyl (C=O) groups is 2. The predicted molar refractivity (Wildman–Crippen MR) is 97.2 cm³/mol. The fraction of sp³-hybridized carbons (Fsp3) is 0. The molecule has 0 aromatic heterocycles. The highest BCUT2D eigenvalue weighted by atomic mass is 35.5. The van der Waals surface area contributed by atoms with Crippen molar-refractivity contribution in [1.29, 1.82) is 0 Å². The Labute approximate surface area is 150 Å². The lowest BCUT2D eigenvalue weighted by Crippen LogP contribution is -2.16. The molecule has 5 heteroatoms. The van der Waals surface area contributed by atoms with E-state index in [4.69, 9.17) is 16.3 Å². The summed E-state index contributed by atoms with van der Waals surface area (Å²) < 4.78 is 5.39. The minimum absolute atomic E-state index is 0.191. The maximum atomic E-state index is 12.5. The Morgan fingerprint density at radius 1 is 0.800 bits per heavy atom. The molecule has 3 aromatic carbocycles. The van der Waals surface area contributed by atoms with Crippen molar-refractivity contribution in [2.45, 2.75) is 0 Å². The number of hydrogen-bond acceptors (Lipinski definition) is 3. The second-order valence-electron chi connectivity index (χ2n) is 5.21. The zero-order chi connectivity index (χ0) is 17.6. The molecule has 3 aromatic rings. The molecule has 0 aliphatic heterocycles. The molecule has 0 saturated heterocycles. The molecule has 0 aliphatic carbocycles. The number of amides is 1. The van der Waals surface area contributed by atoms with E-state index >= 15 is 0 Å². The smallest absolute Gasteiger partial charge is 0.343 e. The van der Waals surface area contributed by atoms with E-state index in [1.165, 1.54) is 0 Å². The molecule has 1 N–H and O–H groups in total. The molecular weight excluding hydrogens is 338 g/mol. The minimum Gasteiger partial charge on any atom is -0.422 e. The molecule has 0 saturated carbocycles. The zero-order valence-corrected chi connectivity index (χ0v) is 13.9. The SMILES string of the molecule is O=C(Oc1ccccc1C(=O)Nc1ccccc1)c1ccc(Cl)cc1. The maximum absolute atomic E-state index is 12.5. The Hall–Kier alpha value is -3.11. The lowest BCUT2D eigenvalue weighted by molar-refractivity contribution is 0.0733. The van der Waals surface area contributed by atoms with E-state index in [9.17, 15) is 9.59 Å². The van der Waals surface area contributed by atoms with Crippen LogP contribution in [0.2, 0.25) is 5.02 Å². The number of anilines is 1. The van der Waals surface area contributed by atoms with Crippen LogP contribution in [0, 0.1) is 0 Å². The van der Waals surface area contributed by atoms with Gasteiger partial charge in [0.25, 0.3) is 5.91 Å². The van der Waals surface area contributed by atoms with Crippen LogP contribution >= 0.6 is 11.6 Å². The minimum atomic E-state index is -0.559. The van der Waals surface area contributed by atoms with Crippen LogP contribution in [0.25, 0.3) is 0 Å². The summed E-state index contributed by atoms with van der Waals surface area (Å²) in [6.45, 7) is 0. The van der Waals surface area contributed by atoms with E-state index in [2.05, 4.69) is 5.32 Å². The third-order valence-electron chi connectivity index (χ3n) is 3.45. The van der Waals surface area contributed by atoms with Crippen LogP contribution in [0.3, 0.4) is 0 Å². The second kappa shape index (κ2) is 7.64. The molecule has 0 fully saturated rings. The Morgan fingerprint density at radius 2 is 1.44 bits per heavy atom. The number of para-hydroxylation sites is 2. The summed E-state index contributed by atoms with van der Waals surface area (Å²) in [6.07, 6.45) is 0. The van der Waals surface area contributed by atoms with Gasteiger partial charge < -0.3 is 10.1 Å². The monoisotopic (exact) mass is 351 g/mol. The molecule has 0 radical (unpaired) electrons. The topological polar surface area (TPSA) is 55.4 Å². The number of halogens is 1. The molecule has 3 rings (SSSR count). The zero-order valence-electron chi connectivity index (χ0n) is 13.1. The Balaban J connectivity index is 1.79. The largest absolute Gasteiger partial charge is 0.422 e. The standard InChI is InChI=1S/C20H14ClNO3/c21-15-12-10-14(11-13-15)20(24)25-18-9-5-4-8-17(18)19(23)22-16-6-2-1-3-7-16/h1-13H,(H,22,23). The Bertz CT molecular complexity index is 892. The van der Waals surface area contributed by atoms with E-state index in [1.807, 2.05) is 18.2 Å². The number of esters is 1. The summed E-state index contributed by atoms with van der Waals surface area (Å²) in [5.41, 5.74) is 1.28. The molecular formula is C20H14ClNO3. The number of benzene rings is 3. The fourth-order valence-electron chi connectivity index (χ4n) is 2.21. The van der Waals surface area contributed by atoms with Crippen LogP contribution < -0.4 is 10.1 Å². The van der Waals surface area contributed by atoms with Crippen LogP contribution in [0.1, 0.15) is 20.7 Å². The molecule has 4 nitrogen and oxygen atoms in total. The lowest BCUT2D eigenvalue weighted by Gasteiger charge is -2.10. The van der Waals surface area contributed by atoms with E-state index in [0.717, 1.165) is 0 Å². The summed E-state index contributed by atoms with van der Waals surface area (Å²) in [5.74, 6) is -0.724. The van der Waals surface area contributed by atoms with Gasteiger partial charge in [-0.3, -0.25) is 4.79 Å². The first kappa shape index (κ1) is 16.7. The summed E-state index contributed by atoms with van der Waals surface area (Å²) in [7, 11) is 0. The number of carbonyl (C=O) groups excluding carboxylic acids is 2. The molecule has 0 heterocycles. The molecule has 0 atom stereocenters. The third kappa shape index (κ3) is 4.25. The van der Waals surface area contributed by atoms with Gasteiger partial charge in [-0.1, -0.05) is 41.9 Å². The average molecular weight is 352 g/mol. The van der Waals surface area contributed by atoms with Crippen molar-refractivity contribution in [3.8, 4) is 5.75 Å². The van der Waals surface area contributed by atoms with Crippen molar-refractivity contribution in [2.75, 3.05) is 5.32 Å². The molecule has 0 spiro atoms.